The van der Waals surface area contributed by atoms with Gasteiger partial charge in [0.2, 0.25) is 0 Å². The fourth-order valence-electron chi connectivity index (χ4n) is 2.59. The number of hydrogen-bond acceptors (Lipinski definition) is 6. The van der Waals surface area contributed by atoms with Crippen LogP contribution in [0.4, 0.5) is 5.69 Å². The average Bonchev–Trinajstić information content (AvgIpc) is 2.70. The molecule has 2 rings (SSSR count). The second-order valence-corrected chi connectivity index (χ2v) is 6.53. The van der Waals surface area contributed by atoms with Gasteiger partial charge < -0.3 is 19.5 Å². The summed E-state index contributed by atoms with van der Waals surface area (Å²) in [7, 11) is 6.89. The largest absolute Gasteiger partial charge is 0.504 e. The number of phenolic OH excluding ortho intramolecular Hbond substituents is 1. The van der Waals surface area contributed by atoms with E-state index in [0.29, 0.717) is 17.1 Å². The monoisotopic (exact) mass is 395 g/mol. The molecule has 0 aliphatic heterocycles. The maximum absolute atomic E-state index is 12.1. The number of phenols is 1. The van der Waals surface area contributed by atoms with E-state index in [-0.39, 0.29) is 23.7 Å². The molecule has 0 aromatic heterocycles. The van der Waals surface area contributed by atoms with E-state index >= 15 is 0 Å². The molecule has 0 aliphatic rings. The molecule has 0 fully saturated rings. The molecule has 0 saturated heterocycles. The Morgan fingerprint density at radius 2 is 1.59 bits per heavy atom. The lowest BCUT2D eigenvalue weighted by Crippen LogP contribution is -2.08. The summed E-state index contributed by atoms with van der Waals surface area (Å²) in [6.07, 6.45) is 5.63. The van der Waals surface area contributed by atoms with Crippen molar-refractivity contribution in [1.29, 1.82) is 0 Å². The first-order valence-corrected chi connectivity index (χ1v) is 8.98. The molecule has 0 radical (unpaired) electrons. The number of allylic oxidation sites excluding steroid dienone is 2. The van der Waals surface area contributed by atoms with Crippen LogP contribution in [0.2, 0.25) is 0 Å². The van der Waals surface area contributed by atoms with E-state index in [1.165, 1.54) is 25.3 Å². The minimum absolute atomic E-state index is 0.0182. The Hall–Kier alpha value is -3.54. The molecular formula is C23H25NO5. The Kier molecular flexibility index (Phi) is 7.60. The van der Waals surface area contributed by atoms with Gasteiger partial charge in [0.1, 0.15) is 5.75 Å². The third-order valence-electron chi connectivity index (χ3n) is 4.20. The SMILES string of the molecule is COc1ccc(/C=C/C(=O)CC(=O)/C=C/c2ccc(N(C)C)cc2OC)cc1O. The lowest BCUT2D eigenvalue weighted by molar-refractivity contribution is -0.121. The van der Waals surface area contributed by atoms with Crippen LogP contribution in [-0.4, -0.2) is 45.0 Å². The van der Waals surface area contributed by atoms with Crippen molar-refractivity contribution in [3.05, 3.63) is 59.7 Å². The second-order valence-electron chi connectivity index (χ2n) is 6.53. The van der Waals surface area contributed by atoms with E-state index in [2.05, 4.69) is 0 Å². The van der Waals surface area contributed by atoms with Gasteiger partial charge in [-0.2, -0.15) is 0 Å². The third kappa shape index (κ3) is 6.24. The summed E-state index contributed by atoms with van der Waals surface area (Å²) in [6, 6.07) is 10.4. The highest BCUT2D eigenvalue weighted by molar-refractivity contribution is 6.11. The summed E-state index contributed by atoms with van der Waals surface area (Å²) in [6.45, 7) is 0. The average molecular weight is 395 g/mol. The van der Waals surface area contributed by atoms with Gasteiger partial charge in [0.25, 0.3) is 0 Å². The second kappa shape index (κ2) is 10.1. The van der Waals surface area contributed by atoms with Crippen LogP contribution in [0.5, 0.6) is 17.2 Å². The van der Waals surface area contributed by atoms with Gasteiger partial charge in [0, 0.05) is 31.4 Å². The van der Waals surface area contributed by atoms with Gasteiger partial charge in [-0.3, -0.25) is 9.59 Å². The molecule has 152 valence electrons. The van der Waals surface area contributed by atoms with Crippen molar-refractivity contribution in [2.45, 2.75) is 6.42 Å². The molecule has 6 heteroatoms. The molecule has 1 N–H and O–H groups in total. The number of methoxy groups -OCH3 is 2. The van der Waals surface area contributed by atoms with Crippen molar-refractivity contribution >= 4 is 29.4 Å². The van der Waals surface area contributed by atoms with Crippen molar-refractivity contribution < 1.29 is 24.2 Å². The smallest absolute Gasteiger partial charge is 0.163 e. The fourth-order valence-corrected chi connectivity index (χ4v) is 2.59. The molecule has 0 amide bonds. The molecule has 6 nitrogen and oxygen atoms in total. The first-order chi connectivity index (χ1) is 13.8. The fraction of sp³-hybridized carbons (Fsp3) is 0.217. The molecule has 0 atom stereocenters. The molecule has 29 heavy (non-hydrogen) atoms. The van der Waals surface area contributed by atoms with Gasteiger partial charge in [0.15, 0.2) is 23.1 Å². The van der Waals surface area contributed by atoms with Crippen LogP contribution >= 0.6 is 0 Å². The zero-order valence-corrected chi connectivity index (χ0v) is 17.0. The number of aromatic hydroxyl groups is 1. The molecule has 0 spiro atoms. The van der Waals surface area contributed by atoms with Gasteiger partial charge in [0.05, 0.1) is 20.6 Å². The van der Waals surface area contributed by atoms with Crippen LogP contribution in [-0.2, 0) is 9.59 Å². The van der Waals surface area contributed by atoms with E-state index in [1.807, 2.05) is 37.2 Å². The highest BCUT2D eigenvalue weighted by atomic mass is 16.5. The number of anilines is 1. The number of benzene rings is 2. The van der Waals surface area contributed by atoms with Crippen LogP contribution in [0.25, 0.3) is 12.2 Å². The van der Waals surface area contributed by atoms with E-state index < -0.39 is 0 Å². The van der Waals surface area contributed by atoms with Crippen LogP contribution in [0, 0.1) is 0 Å². The molecule has 0 saturated carbocycles. The standard InChI is InChI=1S/C23H25NO5/c1-24(2)18-9-7-17(23(14-18)29-4)8-11-20(26)15-19(25)10-5-16-6-12-22(28-3)21(27)13-16/h5-14,27H,15H2,1-4H3/b10-5+,11-8+. The first kappa shape index (κ1) is 21.8. The Balaban J connectivity index is 1.99. The Labute approximate surface area is 170 Å². The van der Waals surface area contributed by atoms with Crippen molar-refractivity contribution in [2.24, 2.45) is 0 Å². The first-order valence-electron chi connectivity index (χ1n) is 8.98. The van der Waals surface area contributed by atoms with Crippen molar-refractivity contribution in [3.63, 3.8) is 0 Å². The van der Waals surface area contributed by atoms with Crippen LogP contribution in [0.3, 0.4) is 0 Å². The van der Waals surface area contributed by atoms with Crippen molar-refractivity contribution in [2.75, 3.05) is 33.2 Å². The highest BCUT2D eigenvalue weighted by Gasteiger charge is 2.07. The Morgan fingerprint density at radius 3 is 2.17 bits per heavy atom. The maximum Gasteiger partial charge on any atom is 0.163 e. The lowest BCUT2D eigenvalue weighted by Gasteiger charge is -2.14. The summed E-state index contributed by atoms with van der Waals surface area (Å²) in [5.41, 5.74) is 2.36. The predicted molar refractivity (Wildman–Crippen MR) is 115 cm³/mol. The molecule has 2 aromatic carbocycles. The van der Waals surface area contributed by atoms with Crippen LogP contribution in [0.15, 0.2) is 48.6 Å². The number of rotatable bonds is 9. The normalized spacial score (nSPS) is 11.0. The van der Waals surface area contributed by atoms with Gasteiger partial charge in [-0.1, -0.05) is 12.1 Å². The summed E-state index contributed by atoms with van der Waals surface area (Å²) in [5, 5.41) is 9.75. The summed E-state index contributed by atoms with van der Waals surface area (Å²) in [5.74, 6) is 0.338. The quantitative estimate of drug-likeness (QED) is 0.515. The Morgan fingerprint density at radius 1 is 0.931 bits per heavy atom. The minimum Gasteiger partial charge on any atom is -0.504 e. The molecule has 0 bridgehead atoms. The summed E-state index contributed by atoms with van der Waals surface area (Å²) < 4.78 is 10.3. The lowest BCUT2D eigenvalue weighted by atomic mass is 10.1. The maximum atomic E-state index is 12.1. The number of carbonyl (C=O) groups is 2. The van der Waals surface area contributed by atoms with Crippen molar-refractivity contribution in [1.82, 2.24) is 0 Å². The highest BCUT2D eigenvalue weighted by Crippen LogP contribution is 2.27. The molecule has 0 heterocycles. The van der Waals surface area contributed by atoms with Crippen molar-refractivity contribution in [3.8, 4) is 17.2 Å². The zero-order valence-electron chi connectivity index (χ0n) is 17.0. The topological polar surface area (TPSA) is 76.1 Å². The van der Waals surface area contributed by atoms with E-state index in [0.717, 1.165) is 11.3 Å². The van der Waals surface area contributed by atoms with E-state index in [1.54, 1.807) is 31.4 Å². The Bertz CT molecular complexity index is 944. The van der Waals surface area contributed by atoms with Gasteiger partial charge in [-0.05, 0) is 48.1 Å². The number of ketones is 2. The zero-order chi connectivity index (χ0) is 21.4. The van der Waals surface area contributed by atoms with E-state index in [4.69, 9.17) is 9.47 Å². The number of ether oxygens (including phenoxy) is 2. The molecule has 2 aromatic rings. The summed E-state index contributed by atoms with van der Waals surface area (Å²) in [4.78, 5) is 26.1. The molecular weight excluding hydrogens is 370 g/mol. The number of carbonyl (C=O) groups excluding carboxylic acids is 2. The molecule has 0 aliphatic carbocycles. The minimum atomic E-state index is -0.329. The van der Waals surface area contributed by atoms with Gasteiger partial charge >= 0.3 is 0 Å². The number of nitrogens with zero attached hydrogens (tertiary/aromatic N) is 1. The number of hydrogen-bond donors (Lipinski definition) is 1. The summed E-state index contributed by atoms with van der Waals surface area (Å²) >= 11 is 0. The van der Waals surface area contributed by atoms with Gasteiger partial charge in [-0.15, -0.1) is 0 Å². The predicted octanol–water partition coefficient (Wildman–Crippen LogP) is 3.73. The van der Waals surface area contributed by atoms with Gasteiger partial charge in [-0.25, -0.2) is 0 Å². The molecule has 0 unspecified atom stereocenters. The van der Waals surface area contributed by atoms with E-state index in [9.17, 15) is 14.7 Å². The third-order valence-corrected chi connectivity index (χ3v) is 4.20. The van der Waals surface area contributed by atoms with Crippen LogP contribution < -0.4 is 14.4 Å². The van der Waals surface area contributed by atoms with Crippen LogP contribution in [0.1, 0.15) is 17.5 Å².